The third-order valence-corrected chi connectivity index (χ3v) is 51.6. The van der Waals surface area contributed by atoms with Gasteiger partial charge in [0.05, 0.1) is 35.7 Å². The van der Waals surface area contributed by atoms with Crippen LogP contribution in [0.15, 0.2) is 190 Å². The summed E-state index contributed by atoms with van der Waals surface area (Å²) < 4.78 is 13.7. The molecule has 684 valence electrons. The molecule has 0 bridgehead atoms. The first kappa shape index (κ1) is 112. The van der Waals surface area contributed by atoms with Crippen LogP contribution in [0.25, 0.3) is 22.3 Å². The van der Waals surface area contributed by atoms with Crippen LogP contribution in [0.4, 0.5) is 11.4 Å². The second-order valence-corrected chi connectivity index (χ2v) is 69.1. The van der Waals surface area contributed by atoms with E-state index < -0.39 is 86.8 Å². The van der Waals surface area contributed by atoms with Gasteiger partial charge >= 0.3 is 114 Å². The Hall–Kier alpha value is -1.30. The fourth-order valence-electron chi connectivity index (χ4n) is 28.9. The van der Waals surface area contributed by atoms with Crippen molar-refractivity contribution < 1.29 is 72.0 Å². The van der Waals surface area contributed by atoms with E-state index in [1.807, 2.05) is 0 Å². The van der Waals surface area contributed by atoms with Crippen molar-refractivity contribution in [2.24, 2.45) is 71.0 Å². The molecule has 0 spiro atoms. The Morgan fingerprint density at radius 2 is 0.548 bits per heavy atom. The standard InChI is InChI=1S/C34H46N2Si.C34H44O2Si.C34H44S2Si.6CH3.6ClH.3Zr/c1-21-13-9-11-15-29(21)35-25(5)19-27-31(35)17-23(3)33(27)37(7,8)34-24(4)18-32-28(34)20-26(6)36(32)30-16-12-10-14-22(30)2;2*1-19-13-9-11-15-25(19)29-23(5)35-31-27(29)17-21(3)33(31)37(7,8)34-22(4)18-28-30(24(6)36-32(28)34)26-16-12-10-14-20(26)2;;;;;;;;;;;;;;;/h9-16,19-20,23-24,27-28,31-34H,17-18H2,1-8H3;2*9-16,21-22,27-28,31-34H,17-18H2,1-8H3;6*1H3;6*1H;;;/q;;;6*-1;;;;;;;3*+4/p-6. The van der Waals surface area contributed by atoms with Crippen molar-refractivity contribution in [3.05, 3.63) is 291 Å². The second kappa shape index (κ2) is 46.7. The number of halogens is 6. The number of hydrogen-bond acceptors (Lipinski definition) is 6. The fourth-order valence-corrected chi connectivity index (χ4v) is 52.7. The number of aryl methyl sites for hydroxylation is 6. The maximum absolute atomic E-state index is 6.87. The molecule has 0 amide bonds. The molecule has 18 heteroatoms. The van der Waals surface area contributed by atoms with Crippen LogP contribution >= 0.6 is 74.6 Å². The van der Waals surface area contributed by atoms with E-state index in [9.17, 15) is 0 Å². The quantitative estimate of drug-likeness (QED) is 0.0895. The van der Waals surface area contributed by atoms with Gasteiger partial charge < -0.3 is 63.8 Å². The normalized spacial score (nSPS) is 31.2. The van der Waals surface area contributed by atoms with Crippen molar-refractivity contribution in [3.8, 4) is 0 Å². The zero-order chi connectivity index (χ0) is 86.8. The molecular formula is C108H152Cl6N2O2S2Si3Zr3. The first-order valence-electron chi connectivity index (χ1n) is 44.8. The van der Waals surface area contributed by atoms with Gasteiger partial charge in [0.15, 0.2) is 0 Å². The van der Waals surface area contributed by atoms with Crippen LogP contribution in [0.2, 0.25) is 72.5 Å². The fraction of sp³-hybridized carbons (Fsp3) is 0.500. The molecule has 24 unspecified atom stereocenters. The van der Waals surface area contributed by atoms with Gasteiger partial charge in [0.2, 0.25) is 0 Å². The molecule has 6 fully saturated rings. The molecular weight excluding hydrogens is 1990 g/mol. The van der Waals surface area contributed by atoms with Crippen molar-refractivity contribution in [3.63, 3.8) is 0 Å². The van der Waals surface area contributed by atoms with Crippen LogP contribution in [0.1, 0.15) is 177 Å². The summed E-state index contributed by atoms with van der Waals surface area (Å²) in [6.07, 6.45) is 13.9. The first-order chi connectivity index (χ1) is 57.1. The van der Waals surface area contributed by atoms with E-state index in [2.05, 4.69) is 355 Å². The van der Waals surface area contributed by atoms with Crippen LogP contribution in [0.5, 0.6) is 0 Å². The molecule has 12 aliphatic rings. The van der Waals surface area contributed by atoms with Gasteiger partial charge in [0.1, 0.15) is 12.2 Å². The van der Waals surface area contributed by atoms with E-state index in [0.29, 0.717) is 70.9 Å². The van der Waals surface area contributed by atoms with Crippen molar-refractivity contribution >= 4 is 132 Å². The van der Waals surface area contributed by atoms with Crippen molar-refractivity contribution in [2.75, 3.05) is 9.80 Å². The van der Waals surface area contributed by atoms with Gasteiger partial charge in [-0.05, 0) is 291 Å². The Morgan fingerprint density at radius 1 is 0.310 bits per heavy atom. The number of nitrogens with zero attached hydrogens (tertiary/aromatic N) is 2. The molecule has 0 aromatic heterocycles. The molecule has 126 heavy (non-hydrogen) atoms. The molecule has 6 saturated carbocycles. The van der Waals surface area contributed by atoms with E-state index in [0.717, 1.165) is 68.2 Å². The minimum absolute atomic E-state index is 0. The number of anilines is 2. The molecule has 6 aliphatic heterocycles. The second-order valence-electron chi connectivity index (χ2n) is 40.2. The molecule has 0 N–H and O–H groups in total. The molecule has 0 saturated heterocycles. The minimum atomic E-state index is -1.79. The van der Waals surface area contributed by atoms with Gasteiger partial charge in [-0.2, -0.15) is 0 Å². The Kier molecular flexibility index (Phi) is 41.4. The monoisotopic (exact) mass is 2140 g/mol. The third kappa shape index (κ3) is 21.2. The predicted octanol–water partition coefficient (Wildman–Crippen LogP) is 35.3. The number of rotatable bonds is 12. The zero-order valence-electron chi connectivity index (χ0n) is 81.9. The van der Waals surface area contributed by atoms with Gasteiger partial charge in [0, 0.05) is 80.2 Å². The molecule has 18 rings (SSSR count). The summed E-state index contributed by atoms with van der Waals surface area (Å²) in [6.45, 7) is 59.6. The number of benzene rings is 6. The summed E-state index contributed by atoms with van der Waals surface area (Å²) >= 11 is 2.06. The summed E-state index contributed by atoms with van der Waals surface area (Å²) in [4.78, 5) is 8.64. The van der Waals surface area contributed by atoms with Crippen molar-refractivity contribution in [1.82, 2.24) is 0 Å². The summed E-state index contributed by atoms with van der Waals surface area (Å²) in [7, 11) is 24.6. The van der Waals surface area contributed by atoms with E-state index in [1.165, 1.54) is 140 Å². The molecule has 6 heterocycles. The first-order valence-corrected chi connectivity index (χ1v) is 75.0. The van der Waals surface area contributed by atoms with E-state index in [4.69, 9.17) is 60.6 Å². The van der Waals surface area contributed by atoms with Crippen LogP contribution < -0.4 is 9.80 Å². The van der Waals surface area contributed by atoms with Crippen molar-refractivity contribution in [1.29, 1.82) is 0 Å². The molecule has 6 aliphatic carbocycles. The average molecular weight is 2150 g/mol. The van der Waals surface area contributed by atoms with Gasteiger partial charge in [0.25, 0.3) is 0 Å². The van der Waals surface area contributed by atoms with E-state index in [1.54, 1.807) is 21.0 Å². The van der Waals surface area contributed by atoms with Gasteiger partial charge in [-0.15, -0.1) is 23.5 Å². The van der Waals surface area contributed by atoms with E-state index >= 15 is 0 Å². The summed E-state index contributed by atoms with van der Waals surface area (Å²) in [6, 6.07) is 55.3. The van der Waals surface area contributed by atoms with Gasteiger partial charge in [-0.3, -0.25) is 0 Å². The predicted molar refractivity (Wildman–Crippen MR) is 562 cm³/mol. The summed E-state index contributed by atoms with van der Waals surface area (Å²) in [5.41, 5.74) is 31.2. The van der Waals surface area contributed by atoms with Gasteiger partial charge in [-0.1, -0.05) is 226 Å². The molecule has 6 aromatic carbocycles. The molecule has 0 radical (unpaired) electrons. The SMILES string of the molecule is CC1=C(c2ccccc2C)C2CC(C)C([Si](C)(C)C3C(C)CC4C(c5ccccc5C)=C(C)OC43)C2O1.CC1=C(c2ccccc2C)C2CC(C)C([Si](C)(C)C3C(C)CC4C(c5ccccc5C)=C(C)SC43)C2S1.CC1=CC2C(CC(C)C2[Si](C)(C)C2C(C)CC3C2C=C(C)N3c2ccccc2C)N1c1ccccc1C.[CH3-].[CH3-].[CH3-].[CH3-].[CH3-].[CH3-].[Cl][Zr+2][Cl].[Cl][Zr+2][Cl].[Cl][Zr+2][Cl]. The summed E-state index contributed by atoms with van der Waals surface area (Å²) in [5.74, 6) is 10.9. The topological polar surface area (TPSA) is 24.9 Å². The molecule has 4 nitrogen and oxygen atoms in total. The van der Waals surface area contributed by atoms with Gasteiger partial charge in [-0.25, -0.2) is 0 Å². The Balaban J connectivity index is 0.000000242. The van der Waals surface area contributed by atoms with Crippen molar-refractivity contribution in [2.45, 2.75) is 270 Å². The van der Waals surface area contributed by atoms with Crippen LogP contribution in [-0.2, 0) is 72.0 Å². The Morgan fingerprint density at radius 3 is 0.841 bits per heavy atom. The Bertz CT molecular complexity index is 4400. The zero-order valence-corrected chi connectivity index (χ0v) is 98.4. The van der Waals surface area contributed by atoms with Crippen LogP contribution in [-0.4, -0.2) is 59.0 Å². The number of fused-ring (bicyclic) bond motifs is 6. The number of allylic oxidation sites excluding steroid dienone is 8. The number of ether oxygens (including phenoxy) is 2. The average Bonchev–Trinajstić information content (AvgIpc) is 1.56. The summed E-state index contributed by atoms with van der Waals surface area (Å²) in [5, 5.41) is 1.57. The van der Waals surface area contributed by atoms with E-state index in [-0.39, 0.29) is 44.6 Å². The molecule has 24 atom stereocenters. The van der Waals surface area contributed by atoms with Crippen LogP contribution in [0, 0.1) is 157 Å². The maximum atomic E-state index is 6.87. The Labute approximate surface area is 836 Å². The number of hydrogen-bond donors (Lipinski definition) is 0. The number of para-hydroxylation sites is 2. The molecule has 6 aromatic rings. The third-order valence-electron chi connectivity index (χ3n) is 32.3. The van der Waals surface area contributed by atoms with Crippen LogP contribution in [0.3, 0.4) is 0 Å². The number of thioether (sulfide) groups is 2.